The number of nitrogens with one attached hydrogen (secondary N) is 1. The minimum atomic E-state index is -0.822. The first-order valence-corrected chi connectivity index (χ1v) is 6.85. The van der Waals surface area contributed by atoms with Gasteiger partial charge in [-0.1, -0.05) is 15.9 Å². The smallest absolute Gasteiger partial charge is 0.254 e. The van der Waals surface area contributed by atoms with E-state index in [0.29, 0.717) is 17.3 Å². The van der Waals surface area contributed by atoms with Crippen LogP contribution in [0.15, 0.2) is 18.2 Å². The molecule has 2 rings (SSSR count). The molecule has 1 aromatic rings. The Morgan fingerprint density at radius 2 is 2.17 bits per heavy atom. The van der Waals surface area contributed by atoms with E-state index < -0.39 is 17.5 Å². The number of hydrogen-bond donors (Lipinski definition) is 1. The van der Waals surface area contributed by atoms with Gasteiger partial charge in [-0.25, -0.2) is 8.78 Å². The van der Waals surface area contributed by atoms with Crippen LogP contribution in [-0.4, -0.2) is 17.3 Å². The molecule has 1 saturated carbocycles. The maximum atomic E-state index is 13.4. The Morgan fingerprint density at radius 1 is 1.39 bits per heavy atom. The Hall–Kier alpha value is -0.970. The second kappa shape index (κ2) is 5.78. The third kappa shape index (κ3) is 3.28. The molecule has 2 unspecified atom stereocenters. The van der Waals surface area contributed by atoms with Gasteiger partial charge in [0, 0.05) is 17.4 Å². The number of rotatable bonds is 3. The van der Waals surface area contributed by atoms with Crippen molar-refractivity contribution in [2.75, 3.05) is 6.54 Å². The van der Waals surface area contributed by atoms with Crippen LogP contribution in [0.1, 0.15) is 29.6 Å². The van der Waals surface area contributed by atoms with Crippen LogP contribution in [-0.2, 0) is 0 Å². The molecule has 0 saturated heterocycles. The second-order valence-corrected chi connectivity index (χ2v) is 5.91. The maximum absolute atomic E-state index is 13.4. The maximum Gasteiger partial charge on any atom is 0.254 e. The lowest BCUT2D eigenvalue weighted by Gasteiger charge is -2.11. The fraction of sp³-hybridized carbons (Fsp3) is 0.462. The summed E-state index contributed by atoms with van der Waals surface area (Å²) >= 11 is 3.54. The zero-order chi connectivity index (χ0) is 13.1. The van der Waals surface area contributed by atoms with Crippen molar-refractivity contribution in [2.24, 2.45) is 5.92 Å². The van der Waals surface area contributed by atoms with Gasteiger partial charge in [-0.3, -0.25) is 4.79 Å². The van der Waals surface area contributed by atoms with Crippen LogP contribution in [0.3, 0.4) is 0 Å². The van der Waals surface area contributed by atoms with Gasteiger partial charge in [0.05, 0.1) is 5.56 Å². The predicted octanol–water partition coefficient (Wildman–Crippen LogP) is 3.26. The molecule has 18 heavy (non-hydrogen) atoms. The summed E-state index contributed by atoms with van der Waals surface area (Å²) in [7, 11) is 0. The van der Waals surface area contributed by atoms with Crippen LogP contribution in [0.2, 0.25) is 0 Å². The zero-order valence-corrected chi connectivity index (χ0v) is 11.3. The van der Waals surface area contributed by atoms with Gasteiger partial charge >= 0.3 is 0 Å². The molecular formula is C13H14BrF2NO. The standard InChI is InChI=1S/C13H14BrF2NO/c14-9-2-1-8(5-9)7-17-13(18)11-4-3-10(15)6-12(11)16/h3-4,6,8-9H,1-2,5,7H2,(H,17,18). The second-order valence-electron chi connectivity index (χ2n) is 4.61. The van der Waals surface area contributed by atoms with Crippen molar-refractivity contribution in [1.29, 1.82) is 0 Å². The SMILES string of the molecule is O=C(NCC1CCC(Br)C1)c1ccc(F)cc1F. The Bertz CT molecular complexity index is 453. The third-order valence-electron chi connectivity index (χ3n) is 3.20. The highest BCUT2D eigenvalue weighted by molar-refractivity contribution is 9.09. The highest BCUT2D eigenvalue weighted by Gasteiger charge is 2.23. The van der Waals surface area contributed by atoms with Crippen molar-refractivity contribution in [3.63, 3.8) is 0 Å². The van der Waals surface area contributed by atoms with E-state index in [1.54, 1.807) is 0 Å². The van der Waals surface area contributed by atoms with Crippen LogP contribution >= 0.6 is 15.9 Å². The summed E-state index contributed by atoms with van der Waals surface area (Å²) in [5.41, 5.74) is -0.107. The molecule has 1 amide bonds. The molecule has 0 bridgehead atoms. The minimum absolute atomic E-state index is 0.107. The lowest BCUT2D eigenvalue weighted by atomic mass is 10.1. The van der Waals surface area contributed by atoms with Gasteiger partial charge in [-0.05, 0) is 37.3 Å². The number of amides is 1. The third-order valence-corrected chi connectivity index (χ3v) is 4.04. The molecule has 5 heteroatoms. The van der Waals surface area contributed by atoms with Gasteiger partial charge in [-0.2, -0.15) is 0 Å². The largest absolute Gasteiger partial charge is 0.352 e. The lowest BCUT2D eigenvalue weighted by molar-refractivity contribution is 0.0943. The fourth-order valence-electron chi connectivity index (χ4n) is 2.21. The van der Waals surface area contributed by atoms with E-state index in [-0.39, 0.29) is 5.56 Å². The van der Waals surface area contributed by atoms with E-state index in [1.807, 2.05) is 0 Å². The van der Waals surface area contributed by atoms with Crippen molar-refractivity contribution < 1.29 is 13.6 Å². The highest BCUT2D eigenvalue weighted by Crippen LogP contribution is 2.30. The summed E-state index contributed by atoms with van der Waals surface area (Å²) in [6.07, 6.45) is 3.18. The molecule has 98 valence electrons. The molecule has 0 aromatic heterocycles. The summed E-state index contributed by atoms with van der Waals surface area (Å²) in [5.74, 6) is -1.55. The Morgan fingerprint density at radius 3 is 2.78 bits per heavy atom. The molecule has 0 heterocycles. The quantitative estimate of drug-likeness (QED) is 0.852. The lowest BCUT2D eigenvalue weighted by Crippen LogP contribution is -2.29. The summed E-state index contributed by atoms with van der Waals surface area (Å²) in [4.78, 5) is 12.2. The van der Waals surface area contributed by atoms with Gasteiger partial charge in [0.1, 0.15) is 11.6 Å². The van der Waals surface area contributed by atoms with Crippen LogP contribution in [0.5, 0.6) is 0 Å². The topological polar surface area (TPSA) is 29.1 Å². The van der Waals surface area contributed by atoms with Gasteiger partial charge in [0.15, 0.2) is 0 Å². The van der Waals surface area contributed by atoms with Crippen LogP contribution < -0.4 is 5.32 Å². The van der Waals surface area contributed by atoms with Crippen molar-refractivity contribution >= 4 is 21.8 Å². The summed E-state index contributed by atoms with van der Waals surface area (Å²) in [6, 6.07) is 2.98. The van der Waals surface area contributed by atoms with E-state index in [0.717, 1.165) is 31.4 Å². The van der Waals surface area contributed by atoms with E-state index >= 15 is 0 Å². The normalized spacial score (nSPS) is 23.1. The first-order valence-electron chi connectivity index (χ1n) is 5.93. The van der Waals surface area contributed by atoms with E-state index in [4.69, 9.17) is 0 Å². The van der Waals surface area contributed by atoms with E-state index in [9.17, 15) is 13.6 Å². The molecule has 1 aromatic carbocycles. The van der Waals surface area contributed by atoms with Gasteiger partial charge in [-0.15, -0.1) is 0 Å². The molecule has 0 spiro atoms. The summed E-state index contributed by atoms with van der Waals surface area (Å²) in [5, 5.41) is 2.70. The fourth-order valence-corrected chi connectivity index (χ4v) is 3.00. The molecule has 1 aliphatic rings. The Balaban J connectivity index is 1.91. The minimum Gasteiger partial charge on any atom is -0.352 e. The van der Waals surface area contributed by atoms with Gasteiger partial charge in [0.25, 0.3) is 5.91 Å². The summed E-state index contributed by atoms with van der Waals surface area (Å²) < 4.78 is 26.1. The van der Waals surface area contributed by atoms with Gasteiger partial charge < -0.3 is 5.32 Å². The molecule has 1 N–H and O–H groups in total. The number of carbonyl (C=O) groups excluding carboxylic acids is 1. The first-order chi connectivity index (χ1) is 8.56. The van der Waals surface area contributed by atoms with Crippen molar-refractivity contribution in [3.8, 4) is 0 Å². The van der Waals surface area contributed by atoms with E-state index in [1.165, 1.54) is 6.07 Å². The number of hydrogen-bond acceptors (Lipinski definition) is 1. The number of benzene rings is 1. The van der Waals surface area contributed by atoms with E-state index in [2.05, 4.69) is 21.2 Å². The average molecular weight is 318 g/mol. The summed E-state index contributed by atoms with van der Waals surface area (Å²) in [6.45, 7) is 0.539. The van der Waals surface area contributed by atoms with Crippen molar-refractivity contribution in [3.05, 3.63) is 35.4 Å². The van der Waals surface area contributed by atoms with Crippen LogP contribution in [0.25, 0.3) is 0 Å². The molecule has 1 fully saturated rings. The molecule has 0 radical (unpaired) electrons. The predicted molar refractivity (Wildman–Crippen MR) is 68.7 cm³/mol. The van der Waals surface area contributed by atoms with Crippen molar-refractivity contribution in [2.45, 2.75) is 24.1 Å². The molecule has 2 nitrogen and oxygen atoms in total. The van der Waals surface area contributed by atoms with Crippen molar-refractivity contribution in [1.82, 2.24) is 5.32 Å². The monoisotopic (exact) mass is 317 g/mol. The zero-order valence-electron chi connectivity index (χ0n) is 9.76. The number of carbonyl (C=O) groups is 1. The molecular weight excluding hydrogens is 304 g/mol. The van der Waals surface area contributed by atoms with Crippen LogP contribution in [0, 0.1) is 17.6 Å². The Kier molecular flexibility index (Phi) is 4.32. The molecule has 2 atom stereocenters. The number of halogens is 3. The first kappa shape index (κ1) is 13.5. The molecule has 0 aliphatic heterocycles. The molecule has 1 aliphatic carbocycles. The average Bonchev–Trinajstić information content (AvgIpc) is 2.72. The number of alkyl halides is 1. The highest BCUT2D eigenvalue weighted by atomic mass is 79.9. The van der Waals surface area contributed by atoms with Crippen LogP contribution in [0.4, 0.5) is 8.78 Å². The Labute approximate surface area is 113 Å². The van der Waals surface area contributed by atoms with Gasteiger partial charge in [0.2, 0.25) is 0 Å².